The van der Waals surface area contributed by atoms with Crippen molar-refractivity contribution >= 4 is 45.1 Å². The highest BCUT2D eigenvalue weighted by Gasteiger charge is 2.39. The topological polar surface area (TPSA) is 90.2 Å². The van der Waals surface area contributed by atoms with Crippen molar-refractivity contribution in [1.82, 2.24) is 0 Å². The van der Waals surface area contributed by atoms with Gasteiger partial charge in [-0.3, -0.25) is 9.59 Å². The number of fused-ring (bicyclic) bond motifs is 3. The minimum Gasteiger partial charge on any atom is -0.495 e. The molecule has 1 atom stereocenters. The Morgan fingerprint density at radius 1 is 0.912 bits per heavy atom. The van der Waals surface area contributed by atoms with Gasteiger partial charge in [0.15, 0.2) is 11.5 Å². The zero-order valence-electron chi connectivity index (χ0n) is 19.1. The third-order valence-corrected chi connectivity index (χ3v) is 6.14. The predicted octanol–water partition coefficient (Wildman–Crippen LogP) is 4.60. The van der Waals surface area contributed by atoms with Crippen LogP contribution in [0.1, 0.15) is 6.42 Å². The van der Waals surface area contributed by atoms with Gasteiger partial charge >= 0.3 is 0 Å². The van der Waals surface area contributed by atoms with Gasteiger partial charge in [-0.15, -0.1) is 0 Å². The van der Waals surface area contributed by atoms with E-state index in [0.717, 1.165) is 16.4 Å². The Hall–Kier alpha value is -4.20. The van der Waals surface area contributed by atoms with E-state index in [2.05, 4.69) is 5.32 Å². The first-order chi connectivity index (χ1) is 16.5. The molecule has 34 heavy (non-hydrogen) atoms. The smallest absolute Gasteiger partial charge is 0.239 e. The normalized spacial score (nSPS) is 15.7. The number of nitrogens with one attached hydrogen (secondary N) is 1. The van der Waals surface area contributed by atoms with Crippen molar-refractivity contribution in [2.24, 2.45) is 5.92 Å². The Morgan fingerprint density at radius 3 is 2.44 bits per heavy atom. The predicted molar refractivity (Wildman–Crippen MR) is 129 cm³/mol. The molecule has 1 aromatic heterocycles. The number of furan rings is 1. The summed E-state index contributed by atoms with van der Waals surface area (Å²) >= 11 is 0. The van der Waals surface area contributed by atoms with Crippen molar-refractivity contribution in [3.8, 4) is 17.2 Å². The summed E-state index contributed by atoms with van der Waals surface area (Å²) in [6.45, 7) is 0.394. The van der Waals surface area contributed by atoms with Gasteiger partial charge in [0.2, 0.25) is 11.8 Å². The number of nitrogens with zero attached hydrogens (tertiary/aromatic N) is 1. The van der Waals surface area contributed by atoms with Gasteiger partial charge in [-0.2, -0.15) is 0 Å². The minimum absolute atomic E-state index is 0.285. The molecule has 8 nitrogen and oxygen atoms in total. The Labute approximate surface area is 196 Å². The summed E-state index contributed by atoms with van der Waals surface area (Å²) in [5.74, 6) is 0.119. The van der Waals surface area contributed by atoms with Gasteiger partial charge in [0.05, 0.1) is 27.0 Å². The third-order valence-electron chi connectivity index (χ3n) is 6.14. The SMILES string of the molecule is COc1ccc(NC(=O)C2CCN(c3cc4oc5ccccc5c4cc3OC)C2=O)cc1OC. The molecule has 4 aromatic rings. The fourth-order valence-corrected chi connectivity index (χ4v) is 4.42. The van der Waals surface area contributed by atoms with Crippen LogP contribution in [0.5, 0.6) is 17.2 Å². The molecule has 1 unspecified atom stereocenters. The quantitative estimate of drug-likeness (QED) is 0.423. The molecule has 1 saturated heterocycles. The summed E-state index contributed by atoms with van der Waals surface area (Å²) in [6, 6.07) is 16.5. The number of ether oxygens (including phenoxy) is 3. The van der Waals surface area contributed by atoms with E-state index in [1.54, 1.807) is 43.4 Å². The van der Waals surface area contributed by atoms with Crippen LogP contribution in [-0.2, 0) is 9.59 Å². The molecule has 1 aliphatic rings. The lowest BCUT2D eigenvalue weighted by atomic mass is 10.1. The lowest BCUT2D eigenvalue weighted by Gasteiger charge is -2.19. The maximum atomic E-state index is 13.3. The minimum atomic E-state index is -0.816. The van der Waals surface area contributed by atoms with Crippen molar-refractivity contribution in [2.45, 2.75) is 6.42 Å². The number of carbonyl (C=O) groups is 2. The van der Waals surface area contributed by atoms with Crippen molar-refractivity contribution in [1.29, 1.82) is 0 Å². The fourth-order valence-electron chi connectivity index (χ4n) is 4.42. The van der Waals surface area contributed by atoms with Crippen LogP contribution in [0.4, 0.5) is 11.4 Å². The van der Waals surface area contributed by atoms with Gasteiger partial charge in [-0.25, -0.2) is 0 Å². The average molecular weight is 460 g/mol. The molecule has 0 aliphatic carbocycles. The second-order valence-corrected chi connectivity index (χ2v) is 8.01. The molecule has 0 saturated carbocycles. The van der Waals surface area contributed by atoms with Gasteiger partial charge < -0.3 is 28.8 Å². The number of benzene rings is 3. The van der Waals surface area contributed by atoms with Gasteiger partial charge in [0.1, 0.15) is 22.8 Å². The van der Waals surface area contributed by atoms with E-state index < -0.39 is 5.92 Å². The number of carbonyl (C=O) groups excluding carboxylic acids is 2. The highest BCUT2D eigenvalue weighted by Crippen LogP contribution is 2.40. The molecule has 5 rings (SSSR count). The van der Waals surface area contributed by atoms with Gasteiger partial charge in [0, 0.05) is 35.1 Å². The van der Waals surface area contributed by atoms with Crippen LogP contribution in [0.15, 0.2) is 59.0 Å². The van der Waals surface area contributed by atoms with E-state index in [1.165, 1.54) is 7.11 Å². The van der Waals surface area contributed by atoms with Crippen LogP contribution in [0, 0.1) is 5.92 Å². The molecule has 1 N–H and O–H groups in total. The largest absolute Gasteiger partial charge is 0.495 e. The highest BCUT2D eigenvalue weighted by molar-refractivity contribution is 6.15. The monoisotopic (exact) mass is 460 g/mol. The molecule has 0 radical (unpaired) electrons. The number of rotatable bonds is 6. The van der Waals surface area contributed by atoms with Crippen LogP contribution in [0.2, 0.25) is 0 Å². The molecular formula is C26H24N2O6. The van der Waals surface area contributed by atoms with Crippen LogP contribution in [-0.4, -0.2) is 39.7 Å². The van der Waals surface area contributed by atoms with Crippen molar-refractivity contribution in [3.05, 3.63) is 54.6 Å². The number of amides is 2. The van der Waals surface area contributed by atoms with Crippen LogP contribution in [0.3, 0.4) is 0 Å². The second kappa shape index (κ2) is 8.62. The Bertz CT molecular complexity index is 1410. The fraction of sp³-hybridized carbons (Fsp3) is 0.231. The van der Waals surface area contributed by atoms with E-state index in [-0.39, 0.29) is 11.8 Å². The molecule has 174 valence electrons. The molecule has 2 amide bonds. The Kier molecular flexibility index (Phi) is 5.49. The number of anilines is 2. The van der Waals surface area contributed by atoms with Crippen LogP contribution >= 0.6 is 0 Å². The Balaban J connectivity index is 1.41. The molecule has 3 aromatic carbocycles. The summed E-state index contributed by atoms with van der Waals surface area (Å²) in [5, 5.41) is 4.70. The Morgan fingerprint density at radius 2 is 1.68 bits per heavy atom. The molecule has 1 fully saturated rings. The maximum Gasteiger partial charge on any atom is 0.239 e. The maximum absolute atomic E-state index is 13.3. The zero-order chi connectivity index (χ0) is 23.8. The van der Waals surface area contributed by atoms with Crippen molar-refractivity contribution in [2.75, 3.05) is 38.1 Å². The van der Waals surface area contributed by atoms with E-state index in [4.69, 9.17) is 18.6 Å². The molecule has 1 aliphatic heterocycles. The molecule has 0 bridgehead atoms. The highest BCUT2D eigenvalue weighted by atomic mass is 16.5. The first-order valence-electron chi connectivity index (χ1n) is 10.9. The lowest BCUT2D eigenvalue weighted by molar-refractivity contribution is -0.129. The van der Waals surface area contributed by atoms with Gasteiger partial charge in [0.25, 0.3) is 0 Å². The van der Waals surface area contributed by atoms with Crippen molar-refractivity contribution < 1.29 is 28.2 Å². The number of para-hydroxylation sites is 1. The lowest BCUT2D eigenvalue weighted by Crippen LogP contribution is -2.33. The molecule has 0 spiro atoms. The zero-order valence-corrected chi connectivity index (χ0v) is 19.1. The second-order valence-electron chi connectivity index (χ2n) is 8.01. The molecular weight excluding hydrogens is 436 g/mol. The van der Waals surface area contributed by atoms with Crippen LogP contribution < -0.4 is 24.4 Å². The number of hydrogen-bond donors (Lipinski definition) is 1. The molecule has 2 heterocycles. The standard InChI is InChI=1S/C26H24N2O6/c1-31-21-9-8-15(12-24(21)33-3)27-25(29)17-10-11-28(26(17)30)19-14-22-18(13-23(19)32-2)16-6-4-5-7-20(16)34-22/h4-9,12-14,17H,10-11H2,1-3H3,(H,27,29). The van der Waals surface area contributed by atoms with Gasteiger partial charge in [-0.1, -0.05) is 18.2 Å². The first-order valence-corrected chi connectivity index (χ1v) is 10.9. The molecule has 8 heteroatoms. The average Bonchev–Trinajstić information content (AvgIpc) is 3.42. The first kappa shape index (κ1) is 21.6. The van der Waals surface area contributed by atoms with E-state index in [0.29, 0.717) is 47.2 Å². The summed E-state index contributed by atoms with van der Waals surface area (Å²) in [5.41, 5.74) is 2.52. The van der Waals surface area contributed by atoms with E-state index in [9.17, 15) is 9.59 Å². The van der Waals surface area contributed by atoms with Crippen LogP contribution in [0.25, 0.3) is 21.9 Å². The summed E-state index contributed by atoms with van der Waals surface area (Å²) in [6.07, 6.45) is 0.388. The van der Waals surface area contributed by atoms with Gasteiger partial charge in [-0.05, 0) is 30.7 Å². The van der Waals surface area contributed by atoms with E-state index >= 15 is 0 Å². The summed E-state index contributed by atoms with van der Waals surface area (Å²) in [4.78, 5) is 27.8. The summed E-state index contributed by atoms with van der Waals surface area (Å²) in [7, 11) is 4.63. The number of hydrogen-bond acceptors (Lipinski definition) is 6. The van der Waals surface area contributed by atoms with Crippen molar-refractivity contribution in [3.63, 3.8) is 0 Å². The number of methoxy groups -OCH3 is 3. The summed E-state index contributed by atoms with van der Waals surface area (Å²) < 4.78 is 22.1. The third kappa shape index (κ3) is 3.57. The van der Waals surface area contributed by atoms with E-state index in [1.807, 2.05) is 30.3 Å².